The number of nitrogens with zero attached hydrogens (tertiary/aromatic N) is 1. The summed E-state index contributed by atoms with van der Waals surface area (Å²) in [7, 11) is 0. The maximum atomic E-state index is 12.9. The van der Waals surface area contributed by atoms with Gasteiger partial charge in [-0.3, -0.25) is 0 Å². The fourth-order valence-corrected chi connectivity index (χ4v) is 2.80. The Bertz CT molecular complexity index is 1110. The molecular weight excluding hydrogens is 431 g/mol. The number of urea groups is 1. The highest BCUT2D eigenvalue weighted by molar-refractivity contribution is 6.31. The number of ether oxygens (including phenoxy) is 1. The lowest BCUT2D eigenvalue weighted by molar-refractivity contribution is -0.137. The van der Waals surface area contributed by atoms with E-state index in [2.05, 4.69) is 15.5 Å². The van der Waals surface area contributed by atoms with E-state index < -0.39 is 22.8 Å². The quantitative estimate of drug-likeness (QED) is 0.414. The Hall–Kier alpha value is -3.70. The predicted octanol–water partition coefficient (Wildman–Crippen LogP) is 7.02. The minimum absolute atomic E-state index is 0.0257. The molecule has 0 unspecified atom stereocenters. The van der Waals surface area contributed by atoms with Gasteiger partial charge in [0.15, 0.2) is 5.69 Å². The Balaban J connectivity index is 1.54. The van der Waals surface area contributed by atoms with Crippen molar-refractivity contribution in [3.05, 3.63) is 94.3 Å². The van der Waals surface area contributed by atoms with Gasteiger partial charge in [-0.05, 0) is 48.0 Å². The van der Waals surface area contributed by atoms with E-state index in [0.29, 0.717) is 17.2 Å². The normalized spacial score (nSPS) is 10.8. The van der Waals surface area contributed by atoms with Crippen LogP contribution >= 0.6 is 11.6 Å². The summed E-state index contributed by atoms with van der Waals surface area (Å²) in [5.41, 5.74) is 0.228. The average molecular weight is 446 g/mol. The predicted molar refractivity (Wildman–Crippen MR) is 112 cm³/mol. The highest BCUT2D eigenvalue weighted by Gasteiger charge is 2.33. The molecule has 0 saturated carbocycles. The molecule has 3 aromatic rings. The van der Waals surface area contributed by atoms with E-state index in [1.807, 2.05) is 0 Å². The number of carbonyl (C=O) groups is 1. The summed E-state index contributed by atoms with van der Waals surface area (Å²) in [6.45, 7) is 7.09. The van der Waals surface area contributed by atoms with Crippen molar-refractivity contribution in [2.24, 2.45) is 0 Å². The third kappa shape index (κ3) is 6.14. The third-order valence-corrected chi connectivity index (χ3v) is 4.44. The largest absolute Gasteiger partial charge is 0.457 e. The lowest BCUT2D eigenvalue weighted by Gasteiger charge is -2.12. The van der Waals surface area contributed by atoms with Crippen molar-refractivity contribution in [2.45, 2.75) is 12.7 Å². The number of halogens is 4. The summed E-state index contributed by atoms with van der Waals surface area (Å²) < 4.78 is 44.4. The molecule has 0 saturated heterocycles. The number of anilines is 1. The Morgan fingerprint density at radius 3 is 2.19 bits per heavy atom. The van der Waals surface area contributed by atoms with Crippen LogP contribution in [0.1, 0.15) is 11.1 Å². The highest BCUT2D eigenvalue weighted by atomic mass is 35.5. The topological polar surface area (TPSA) is 54.7 Å². The SMILES string of the molecule is [C-]#[N+]c1ccc(Oc2ccc(CNC(=O)Nc3ccc(Cl)c(C(F)(F)F)c3)cc2)cc1. The zero-order chi connectivity index (χ0) is 22.4. The molecule has 3 rings (SSSR count). The molecule has 0 aliphatic heterocycles. The van der Waals surface area contributed by atoms with E-state index in [0.717, 1.165) is 17.7 Å². The lowest BCUT2D eigenvalue weighted by Crippen LogP contribution is -2.28. The van der Waals surface area contributed by atoms with Crippen molar-refractivity contribution in [3.8, 4) is 11.5 Å². The maximum absolute atomic E-state index is 12.9. The number of hydrogen-bond acceptors (Lipinski definition) is 2. The molecule has 0 aromatic heterocycles. The van der Waals surface area contributed by atoms with Gasteiger partial charge in [0.05, 0.1) is 17.2 Å². The number of benzene rings is 3. The van der Waals surface area contributed by atoms with Crippen molar-refractivity contribution < 1.29 is 22.7 Å². The molecule has 0 atom stereocenters. The second-order valence-electron chi connectivity index (χ2n) is 6.35. The molecule has 0 bridgehead atoms. The van der Waals surface area contributed by atoms with Crippen LogP contribution in [-0.4, -0.2) is 6.03 Å². The van der Waals surface area contributed by atoms with Crippen LogP contribution in [0.25, 0.3) is 4.85 Å². The minimum Gasteiger partial charge on any atom is -0.457 e. The number of rotatable bonds is 5. The summed E-state index contributed by atoms with van der Waals surface area (Å²) in [5.74, 6) is 1.16. The fraction of sp³-hybridized carbons (Fsp3) is 0.0909. The van der Waals surface area contributed by atoms with Crippen LogP contribution in [0.5, 0.6) is 11.5 Å². The van der Waals surface area contributed by atoms with Gasteiger partial charge in [0.2, 0.25) is 0 Å². The molecule has 0 fully saturated rings. The Labute approximate surface area is 181 Å². The molecule has 2 N–H and O–H groups in total. The molecule has 0 heterocycles. The second-order valence-corrected chi connectivity index (χ2v) is 6.76. The van der Waals surface area contributed by atoms with Crippen molar-refractivity contribution in [2.75, 3.05) is 5.32 Å². The summed E-state index contributed by atoms with van der Waals surface area (Å²) in [6.07, 6.45) is -4.62. The number of alkyl halides is 3. The molecule has 5 nitrogen and oxygen atoms in total. The summed E-state index contributed by atoms with van der Waals surface area (Å²) in [4.78, 5) is 15.3. The maximum Gasteiger partial charge on any atom is 0.417 e. The Morgan fingerprint density at radius 2 is 1.61 bits per heavy atom. The zero-order valence-electron chi connectivity index (χ0n) is 15.8. The number of amides is 2. The highest BCUT2D eigenvalue weighted by Crippen LogP contribution is 2.36. The smallest absolute Gasteiger partial charge is 0.417 e. The zero-order valence-corrected chi connectivity index (χ0v) is 16.6. The third-order valence-electron chi connectivity index (χ3n) is 4.11. The first-order chi connectivity index (χ1) is 14.7. The molecule has 158 valence electrons. The van der Waals surface area contributed by atoms with Crippen LogP contribution in [0.15, 0.2) is 66.7 Å². The van der Waals surface area contributed by atoms with E-state index in [4.69, 9.17) is 22.9 Å². The van der Waals surface area contributed by atoms with E-state index in [9.17, 15) is 18.0 Å². The Kier molecular flexibility index (Phi) is 6.68. The molecule has 0 aliphatic rings. The Morgan fingerprint density at radius 1 is 1.00 bits per heavy atom. The van der Waals surface area contributed by atoms with Crippen molar-refractivity contribution in [3.63, 3.8) is 0 Å². The second kappa shape index (κ2) is 9.41. The van der Waals surface area contributed by atoms with Crippen LogP contribution < -0.4 is 15.4 Å². The monoisotopic (exact) mass is 445 g/mol. The summed E-state index contributed by atoms with van der Waals surface area (Å²) >= 11 is 5.57. The van der Waals surface area contributed by atoms with Crippen LogP contribution in [0.4, 0.5) is 29.3 Å². The van der Waals surface area contributed by atoms with Crippen molar-refractivity contribution >= 4 is 29.0 Å². The van der Waals surface area contributed by atoms with Gasteiger partial charge < -0.3 is 15.4 Å². The summed E-state index contributed by atoms with van der Waals surface area (Å²) in [5, 5.41) is 4.48. The van der Waals surface area contributed by atoms with E-state index >= 15 is 0 Å². The molecule has 0 spiro atoms. The van der Waals surface area contributed by atoms with Crippen LogP contribution in [-0.2, 0) is 12.7 Å². The average Bonchev–Trinajstić information content (AvgIpc) is 2.74. The van der Waals surface area contributed by atoms with Gasteiger partial charge in [-0.1, -0.05) is 35.9 Å². The van der Waals surface area contributed by atoms with E-state index in [1.165, 1.54) is 6.07 Å². The van der Waals surface area contributed by atoms with Gasteiger partial charge in [-0.25, -0.2) is 9.64 Å². The van der Waals surface area contributed by atoms with E-state index in [1.54, 1.807) is 48.5 Å². The number of hydrogen-bond donors (Lipinski definition) is 2. The van der Waals surface area contributed by atoms with Gasteiger partial charge >= 0.3 is 12.2 Å². The molecule has 2 amide bonds. The first-order valence-corrected chi connectivity index (χ1v) is 9.28. The van der Waals surface area contributed by atoms with Gasteiger partial charge in [0, 0.05) is 12.2 Å². The molecule has 0 aliphatic carbocycles. The molecule has 3 aromatic carbocycles. The lowest BCUT2D eigenvalue weighted by atomic mass is 10.2. The van der Waals surface area contributed by atoms with Gasteiger partial charge in [-0.2, -0.15) is 13.2 Å². The van der Waals surface area contributed by atoms with Crippen LogP contribution in [0.2, 0.25) is 5.02 Å². The summed E-state index contributed by atoms with van der Waals surface area (Å²) in [6, 6.07) is 16.1. The standard InChI is InChI=1S/C22H15ClF3N3O2/c1-27-15-4-9-18(10-5-15)31-17-7-2-14(3-8-17)13-28-21(30)29-16-6-11-20(23)19(12-16)22(24,25)26/h2-12H,13H2,(H2,28,29,30). The van der Waals surface area contributed by atoms with Gasteiger partial charge in [0.25, 0.3) is 0 Å². The molecule has 9 heteroatoms. The molecule has 31 heavy (non-hydrogen) atoms. The molecular formula is C22H15ClF3N3O2. The first kappa shape index (κ1) is 22.0. The minimum atomic E-state index is -4.62. The van der Waals surface area contributed by atoms with Crippen molar-refractivity contribution in [1.29, 1.82) is 0 Å². The number of nitrogens with one attached hydrogen (secondary N) is 2. The van der Waals surface area contributed by atoms with Gasteiger partial charge in [-0.15, -0.1) is 0 Å². The van der Waals surface area contributed by atoms with Crippen molar-refractivity contribution in [1.82, 2.24) is 5.32 Å². The fourth-order valence-electron chi connectivity index (χ4n) is 2.58. The van der Waals surface area contributed by atoms with Crippen LogP contribution in [0, 0.1) is 6.57 Å². The first-order valence-electron chi connectivity index (χ1n) is 8.90. The number of carbonyl (C=O) groups excluding carboxylic acids is 1. The van der Waals surface area contributed by atoms with E-state index in [-0.39, 0.29) is 12.2 Å². The molecule has 0 radical (unpaired) electrons. The van der Waals surface area contributed by atoms with Gasteiger partial charge in [0.1, 0.15) is 11.5 Å². The van der Waals surface area contributed by atoms with Crippen LogP contribution in [0.3, 0.4) is 0 Å².